The van der Waals surface area contributed by atoms with Gasteiger partial charge in [0.1, 0.15) is 16.6 Å². The fourth-order valence-electron chi connectivity index (χ4n) is 4.68. The molecule has 37 heavy (non-hydrogen) atoms. The molecular weight excluding hydrogens is 486 g/mol. The molecule has 2 aromatic carbocycles. The Balaban J connectivity index is 1.24. The van der Waals surface area contributed by atoms with Crippen molar-refractivity contribution in [2.45, 2.75) is 32.2 Å². The number of aromatic nitrogens is 4. The number of rotatable bonds is 6. The number of carbonyl (C=O) groups excluding carboxylic acids is 1. The van der Waals surface area contributed by atoms with Gasteiger partial charge in [-0.25, -0.2) is 15.0 Å². The first-order chi connectivity index (χ1) is 18.1. The Kier molecular flexibility index (Phi) is 6.05. The number of aromatic hydroxyl groups is 1. The predicted molar refractivity (Wildman–Crippen MR) is 143 cm³/mol. The number of imidazole rings is 1. The second-order valence-electron chi connectivity index (χ2n) is 8.98. The summed E-state index contributed by atoms with van der Waals surface area (Å²) in [6, 6.07) is 14.4. The quantitative estimate of drug-likeness (QED) is 0.286. The number of H-pyrrole nitrogens is 1. The van der Waals surface area contributed by atoms with Gasteiger partial charge in [0.25, 0.3) is 5.91 Å². The van der Waals surface area contributed by atoms with Gasteiger partial charge in [-0.2, -0.15) is 0 Å². The molecule has 6 rings (SSSR count). The molecule has 3 heterocycles. The van der Waals surface area contributed by atoms with Gasteiger partial charge in [0, 0.05) is 22.2 Å². The third-order valence-corrected chi connectivity index (χ3v) is 7.72. The summed E-state index contributed by atoms with van der Waals surface area (Å²) < 4.78 is 5.39. The van der Waals surface area contributed by atoms with Crippen LogP contribution in [0.15, 0.2) is 54.7 Å². The van der Waals surface area contributed by atoms with Crippen LogP contribution in [0.25, 0.3) is 33.5 Å². The number of fused-ring (bicyclic) bond motifs is 2. The summed E-state index contributed by atoms with van der Waals surface area (Å²) in [6.45, 7) is 0.415. The number of hydrogen-bond donors (Lipinski definition) is 3. The number of methoxy groups -OCH3 is 1. The molecule has 0 atom stereocenters. The Bertz CT molecular complexity index is 1600. The fourth-order valence-corrected chi connectivity index (χ4v) is 5.78. The maximum atomic E-state index is 12.9. The van der Waals surface area contributed by atoms with Gasteiger partial charge in [-0.3, -0.25) is 4.79 Å². The van der Waals surface area contributed by atoms with Crippen LogP contribution in [0.5, 0.6) is 11.6 Å². The maximum absolute atomic E-state index is 12.9. The number of phenols is 1. The van der Waals surface area contributed by atoms with Crippen molar-refractivity contribution in [3.05, 3.63) is 75.9 Å². The molecule has 9 heteroatoms. The lowest BCUT2D eigenvalue weighted by Crippen LogP contribution is -2.22. The Morgan fingerprint density at radius 3 is 2.86 bits per heavy atom. The number of pyridine rings is 1. The highest BCUT2D eigenvalue weighted by molar-refractivity contribution is 7.11. The van der Waals surface area contributed by atoms with E-state index in [2.05, 4.69) is 20.3 Å². The van der Waals surface area contributed by atoms with Crippen molar-refractivity contribution >= 4 is 28.3 Å². The van der Waals surface area contributed by atoms with Gasteiger partial charge >= 0.3 is 0 Å². The summed E-state index contributed by atoms with van der Waals surface area (Å²) in [5.41, 5.74) is 5.30. The van der Waals surface area contributed by atoms with E-state index in [1.807, 2.05) is 30.3 Å². The van der Waals surface area contributed by atoms with Crippen LogP contribution in [-0.2, 0) is 19.4 Å². The number of amides is 1. The van der Waals surface area contributed by atoms with Crippen LogP contribution in [0.4, 0.5) is 0 Å². The lowest BCUT2D eigenvalue weighted by molar-refractivity contribution is 0.0951. The monoisotopic (exact) mass is 511 g/mol. The SMILES string of the molecule is COc1ncccc1-c1ccc(O)c(-c2nc3cc(C(=O)NCc4nc5c(s4)CCCC5)ccc3[nH]2)c1. The van der Waals surface area contributed by atoms with E-state index >= 15 is 0 Å². The number of hydrogen-bond acceptors (Lipinski definition) is 7. The average Bonchev–Trinajstić information content (AvgIpc) is 3.55. The Morgan fingerprint density at radius 2 is 2.00 bits per heavy atom. The highest BCUT2D eigenvalue weighted by Gasteiger charge is 2.17. The lowest BCUT2D eigenvalue weighted by atomic mass is 10.0. The van der Waals surface area contributed by atoms with Gasteiger partial charge in [0.05, 0.1) is 35.9 Å². The smallest absolute Gasteiger partial charge is 0.251 e. The minimum Gasteiger partial charge on any atom is -0.507 e. The molecule has 1 aliphatic carbocycles. The van der Waals surface area contributed by atoms with Crippen LogP contribution in [0, 0.1) is 0 Å². The van der Waals surface area contributed by atoms with E-state index in [-0.39, 0.29) is 11.7 Å². The van der Waals surface area contributed by atoms with Crippen molar-refractivity contribution in [3.63, 3.8) is 0 Å². The van der Waals surface area contributed by atoms with Crippen LogP contribution in [0.1, 0.15) is 38.8 Å². The van der Waals surface area contributed by atoms with Crippen LogP contribution < -0.4 is 10.1 Å². The van der Waals surface area contributed by atoms with E-state index in [0.717, 1.165) is 34.5 Å². The topological polar surface area (TPSA) is 113 Å². The van der Waals surface area contributed by atoms with Gasteiger partial charge in [-0.15, -0.1) is 11.3 Å². The van der Waals surface area contributed by atoms with Crippen molar-refractivity contribution in [1.82, 2.24) is 25.3 Å². The second kappa shape index (κ2) is 9.67. The van der Waals surface area contributed by atoms with Crippen molar-refractivity contribution in [2.24, 2.45) is 0 Å². The van der Waals surface area contributed by atoms with E-state index in [9.17, 15) is 9.90 Å². The molecular formula is C28H25N5O3S. The molecule has 0 fully saturated rings. The highest BCUT2D eigenvalue weighted by atomic mass is 32.1. The number of benzene rings is 2. The number of phenolic OH excluding ortho intramolecular Hbond substituents is 1. The number of carbonyl (C=O) groups is 1. The first-order valence-corrected chi connectivity index (χ1v) is 13.0. The van der Waals surface area contributed by atoms with Crippen molar-refractivity contribution in [2.75, 3.05) is 7.11 Å². The highest BCUT2D eigenvalue weighted by Crippen LogP contribution is 2.35. The van der Waals surface area contributed by atoms with Gasteiger partial charge < -0.3 is 20.1 Å². The van der Waals surface area contributed by atoms with Crippen molar-refractivity contribution in [3.8, 4) is 34.1 Å². The Hall–Kier alpha value is -4.24. The summed E-state index contributed by atoms with van der Waals surface area (Å²) in [5.74, 6) is 0.920. The van der Waals surface area contributed by atoms with Crippen LogP contribution in [-0.4, -0.2) is 38.1 Å². The van der Waals surface area contributed by atoms with E-state index in [0.29, 0.717) is 34.9 Å². The molecule has 0 radical (unpaired) electrons. The van der Waals surface area contributed by atoms with Crippen molar-refractivity contribution < 1.29 is 14.6 Å². The van der Waals surface area contributed by atoms with E-state index < -0.39 is 0 Å². The third-order valence-electron chi connectivity index (χ3n) is 6.56. The van der Waals surface area contributed by atoms with Crippen LogP contribution in [0.2, 0.25) is 0 Å². The molecule has 3 N–H and O–H groups in total. The van der Waals surface area contributed by atoms with Crippen LogP contribution >= 0.6 is 11.3 Å². The first-order valence-electron chi connectivity index (χ1n) is 12.2. The van der Waals surface area contributed by atoms with Gasteiger partial charge in [0.2, 0.25) is 5.88 Å². The molecule has 0 bridgehead atoms. The average molecular weight is 512 g/mol. The van der Waals surface area contributed by atoms with E-state index in [1.54, 1.807) is 42.8 Å². The molecule has 0 spiro atoms. The number of nitrogens with zero attached hydrogens (tertiary/aromatic N) is 3. The summed E-state index contributed by atoms with van der Waals surface area (Å²) >= 11 is 1.70. The van der Waals surface area contributed by atoms with E-state index in [1.165, 1.54) is 23.4 Å². The molecule has 186 valence electrons. The zero-order valence-corrected chi connectivity index (χ0v) is 21.1. The molecule has 1 aliphatic rings. The van der Waals surface area contributed by atoms with Crippen LogP contribution in [0.3, 0.4) is 0 Å². The largest absolute Gasteiger partial charge is 0.507 e. The molecule has 0 unspecified atom stereocenters. The summed E-state index contributed by atoms with van der Waals surface area (Å²) in [6.07, 6.45) is 6.20. The second-order valence-corrected chi connectivity index (χ2v) is 10.1. The summed E-state index contributed by atoms with van der Waals surface area (Å²) in [7, 11) is 1.57. The molecule has 8 nitrogen and oxygen atoms in total. The molecule has 3 aromatic heterocycles. The summed E-state index contributed by atoms with van der Waals surface area (Å²) in [4.78, 5) is 31.1. The minimum absolute atomic E-state index is 0.0924. The molecule has 0 saturated carbocycles. The van der Waals surface area contributed by atoms with Gasteiger partial charge in [-0.1, -0.05) is 6.07 Å². The normalized spacial score (nSPS) is 12.9. The van der Waals surface area contributed by atoms with Gasteiger partial charge in [0.15, 0.2) is 0 Å². The number of thiazole rings is 1. The zero-order chi connectivity index (χ0) is 25.4. The Labute approximate surface area is 217 Å². The first kappa shape index (κ1) is 23.2. The predicted octanol–water partition coefficient (Wildman–Crippen LogP) is 5.27. The number of aromatic amines is 1. The lowest BCUT2D eigenvalue weighted by Gasteiger charge is -2.09. The number of nitrogens with one attached hydrogen (secondary N) is 2. The molecule has 5 aromatic rings. The third kappa shape index (κ3) is 4.53. The van der Waals surface area contributed by atoms with Gasteiger partial charge in [-0.05, 0) is 73.7 Å². The number of ether oxygens (including phenoxy) is 1. The molecule has 1 amide bonds. The fraction of sp³-hybridized carbons (Fsp3) is 0.214. The standard InChI is InChI=1S/C28H25N5O3S/c1-36-28-18(5-4-12-29-28)16-9-11-23(34)19(13-16)26-32-20-10-8-17(14-22(20)33-26)27(35)30-15-25-31-21-6-2-3-7-24(21)37-25/h4-5,8-14,34H,2-3,6-7,15H2,1H3,(H,30,35)(H,32,33). The number of aryl methyl sites for hydroxylation is 2. The zero-order valence-electron chi connectivity index (χ0n) is 20.2. The molecule has 0 aliphatic heterocycles. The molecule has 0 saturated heterocycles. The maximum Gasteiger partial charge on any atom is 0.251 e. The van der Waals surface area contributed by atoms with Crippen molar-refractivity contribution in [1.29, 1.82) is 0 Å². The van der Waals surface area contributed by atoms with E-state index in [4.69, 9.17) is 9.72 Å². The summed E-state index contributed by atoms with van der Waals surface area (Å²) in [5, 5.41) is 14.5. The minimum atomic E-state index is -0.173. The Morgan fingerprint density at radius 1 is 1.11 bits per heavy atom.